The van der Waals surface area contributed by atoms with Crippen LogP contribution in [0.4, 0.5) is 0 Å². The molecular formula is C15H28N2O. The summed E-state index contributed by atoms with van der Waals surface area (Å²) in [7, 11) is 1.78. The first-order valence-electron chi connectivity index (χ1n) is 7.22. The maximum Gasteiger partial charge on any atom is 0.0673 e. The number of methoxy groups -OCH3 is 1. The first-order chi connectivity index (χ1) is 8.59. The Labute approximate surface area is 112 Å². The molecule has 3 nitrogen and oxygen atoms in total. The second kappa shape index (κ2) is 6.18. The molecule has 0 amide bonds. The number of nitrogens with one attached hydrogen (secondary N) is 1. The van der Waals surface area contributed by atoms with Crippen molar-refractivity contribution in [3.8, 4) is 0 Å². The Morgan fingerprint density at radius 2 is 2.22 bits per heavy atom. The van der Waals surface area contributed by atoms with E-state index in [4.69, 9.17) is 4.74 Å². The predicted octanol–water partition coefficient (Wildman–Crippen LogP) is 2.04. The zero-order valence-electron chi connectivity index (χ0n) is 12.2. The third-order valence-electron chi connectivity index (χ3n) is 3.82. The smallest absolute Gasteiger partial charge is 0.0673 e. The molecule has 104 valence electrons. The normalized spacial score (nSPS) is 22.1. The molecule has 1 N–H and O–H groups in total. The van der Waals surface area contributed by atoms with Gasteiger partial charge in [0.05, 0.1) is 6.61 Å². The standard InChI is InChI=1S/C15H28N2O/c1-15(2,11-16-14-4-5-14)12-17-8-6-13(7-9-17)10-18-3/h6,14,16H,4-5,7-12H2,1-3H3. The van der Waals surface area contributed by atoms with E-state index >= 15 is 0 Å². The van der Waals surface area contributed by atoms with E-state index < -0.39 is 0 Å². The highest BCUT2D eigenvalue weighted by atomic mass is 16.5. The van der Waals surface area contributed by atoms with Gasteiger partial charge in [0.1, 0.15) is 0 Å². The van der Waals surface area contributed by atoms with Crippen molar-refractivity contribution >= 4 is 0 Å². The maximum absolute atomic E-state index is 5.19. The highest BCUT2D eigenvalue weighted by molar-refractivity contribution is 5.08. The highest BCUT2D eigenvalue weighted by Gasteiger charge is 2.27. The SMILES string of the molecule is COCC1=CCN(CC(C)(C)CNC2CC2)CC1. The van der Waals surface area contributed by atoms with Gasteiger partial charge in [0.15, 0.2) is 0 Å². The molecule has 0 bridgehead atoms. The molecule has 1 saturated carbocycles. The Morgan fingerprint density at radius 3 is 2.78 bits per heavy atom. The molecule has 2 rings (SSSR count). The lowest BCUT2D eigenvalue weighted by molar-refractivity contribution is 0.173. The van der Waals surface area contributed by atoms with Crippen LogP contribution in [0, 0.1) is 5.41 Å². The summed E-state index contributed by atoms with van der Waals surface area (Å²) in [5.74, 6) is 0. The summed E-state index contributed by atoms with van der Waals surface area (Å²) in [6.45, 7) is 10.1. The predicted molar refractivity (Wildman–Crippen MR) is 75.8 cm³/mol. The van der Waals surface area contributed by atoms with Crippen LogP contribution in [0.25, 0.3) is 0 Å². The van der Waals surface area contributed by atoms with E-state index in [1.807, 2.05) is 0 Å². The van der Waals surface area contributed by atoms with Crippen LogP contribution in [0.3, 0.4) is 0 Å². The van der Waals surface area contributed by atoms with Crippen LogP contribution in [-0.2, 0) is 4.74 Å². The van der Waals surface area contributed by atoms with Gasteiger partial charge in [0.2, 0.25) is 0 Å². The van der Waals surface area contributed by atoms with Crippen molar-refractivity contribution in [1.82, 2.24) is 10.2 Å². The second-order valence-corrected chi connectivity index (χ2v) is 6.60. The van der Waals surface area contributed by atoms with E-state index in [9.17, 15) is 0 Å². The molecule has 18 heavy (non-hydrogen) atoms. The second-order valence-electron chi connectivity index (χ2n) is 6.60. The van der Waals surface area contributed by atoms with Crippen molar-refractivity contribution < 1.29 is 4.74 Å². The van der Waals surface area contributed by atoms with Gasteiger partial charge in [-0.1, -0.05) is 19.9 Å². The molecule has 0 atom stereocenters. The van der Waals surface area contributed by atoms with Gasteiger partial charge >= 0.3 is 0 Å². The van der Waals surface area contributed by atoms with E-state index in [-0.39, 0.29) is 0 Å². The topological polar surface area (TPSA) is 24.5 Å². The molecule has 1 aliphatic carbocycles. The third-order valence-corrected chi connectivity index (χ3v) is 3.82. The van der Waals surface area contributed by atoms with Gasteiger partial charge in [-0.15, -0.1) is 0 Å². The van der Waals surface area contributed by atoms with Gasteiger partial charge in [-0.2, -0.15) is 0 Å². The molecular weight excluding hydrogens is 224 g/mol. The summed E-state index contributed by atoms with van der Waals surface area (Å²) >= 11 is 0. The molecule has 0 aromatic carbocycles. The molecule has 2 aliphatic rings. The quantitative estimate of drug-likeness (QED) is 0.702. The fraction of sp³-hybridized carbons (Fsp3) is 0.867. The fourth-order valence-electron chi connectivity index (χ4n) is 2.58. The number of hydrogen-bond donors (Lipinski definition) is 1. The van der Waals surface area contributed by atoms with Gasteiger partial charge < -0.3 is 10.1 Å². The van der Waals surface area contributed by atoms with Crippen LogP contribution in [0.2, 0.25) is 0 Å². The number of ether oxygens (including phenoxy) is 1. The van der Waals surface area contributed by atoms with Gasteiger partial charge in [-0.3, -0.25) is 4.90 Å². The van der Waals surface area contributed by atoms with Crippen LogP contribution in [0.15, 0.2) is 11.6 Å². The monoisotopic (exact) mass is 252 g/mol. The maximum atomic E-state index is 5.19. The molecule has 0 aromatic heterocycles. The Bertz CT molecular complexity index is 295. The molecule has 0 saturated heterocycles. The average molecular weight is 252 g/mol. The van der Waals surface area contributed by atoms with E-state index in [0.717, 1.165) is 25.7 Å². The third kappa shape index (κ3) is 4.71. The van der Waals surface area contributed by atoms with Gasteiger partial charge in [0, 0.05) is 39.3 Å². The molecule has 0 unspecified atom stereocenters. The molecule has 3 heteroatoms. The first-order valence-corrected chi connectivity index (χ1v) is 7.22. The van der Waals surface area contributed by atoms with Crippen LogP contribution < -0.4 is 5.32 Å². The van der Waals surface area contributed by atoms with Crippen molar-refractivity contribution in [1.29, 1.82) is 0 Å². The summed E-state index contributed by atoms with van der Waals surface area (Å²) in [5, 5.41) is 3.65. The zero-order chi connectivity index (χ0) is 13.0. The Kier molecular flexibility index (Phi) is 4.82. The van der Waals surface area contributed by atoms with E-state index in [2.05, 4.69) is 30.1 Å². The molecule has 0 spiro atoms. The first kappa shape index (κ1) is 14.0. The molecule has 1 fully saturated rings. The van der Waals surface area contributed by atoms with E-state index in [0.29, 0.717) is 5.41 Å². The Balaban J connectivity index is 1.71. The molecule has 1 aliphatic heterocycles. The minimum atomic E-state index is 0.370. The summed E-state index contributed by atoms with van der Waals surface area (Å²) in [6.07, 6.45) is 6.27. The summed E-state index contributed by atoms with van der Waals surface area (Å²) in [6, 6.07) is 0.818. The van der Waals surface area contributed by atoms with Crippen molar-refractivity contribution in [3.63, 3.8) is 0 Å². The summed E-state index contributed by atoms with van der Waals surface area (Å²) in [4.78, 5) is 2.56. The molecule has 0 radical (unpaired) electrons. The van der Waals surface area contributed by atoms with Crippen LogP contribution in [0.5, 0.6) is 0 Å². The molecule has 1 heterocycles. The zero-order valence-corrected chi connectivity index (χ0v) is 12.2. The van der Waals surface area contributed by atoms with Crippen molar-refractivity contribution in [2.75, 3.05) is 39.9 Å². The van der Waals surface area contributed by atoms with E-state index in [1.54, 1.807) is 7.11 Å². The Morgan fingerprint density at radius 1 is 1.44 bits per heavy atom. The lowest BCUT2D eigenvalue weighted by Gasteiger charge is -2.34. The average Bonchev–Trinajstić information content (AvgIpc) is 3.13. The lowest BCUT2D eigenvalue weighted by atomic mass is 9.91. The largest absolute Gasteiger partial charge is 0.380 e. The molecule has 0 aromatic rings. The minimum absolute atomic E-state index is 0.370. The number of rotatable bonds is 7. The van der Waals surface area contributed by atoms with Crippen molar-refractivity contribution in [2.24, 2.45) is 5.41 Å². The summed E-state index contributed by atoms with van der Waals surface area (Å²) in [5.41, 5.74) is 1.83. The lowest BCUT2D eigenvalue weighted by Crippen LogP contribution is -2.42. The summed E-state index contributed by atoms with van der Waals surface area (Å²) < 4.78 is 5.19. The number of hydrogen-bond acceptors (Lipinski definition) is 3. The van der Waals surface area contributed by atoms with Crippen molar-refractivity contribution in [3.05, 3.63) is 11.6 Å². The van der Waals surface area contributed by atoms with Crippen LogP contribution in [-0.4, -0.2) is 50.8 Å². The minimum Gasteiger partial charge on any atom is -0.380 e. The van der Waals surface area contributed by atoms with Gasteiger partial charge in [0.25, 0.3) is 0 Å². The van der Waals surface area contributed by atoms with E-state index in [1.165, 1.54) is 37.9 Å². The van der Waals surface area contributed by atoms with Gasteiger partial charge in [-0.05, 0) is 30.3 Å². The van der Waals surface area contributed by atoms with Crippen LogP contribution >= 0.6 is 0 Å². The fourth-order valence-corrected chi connectivity index (χ4v) is 2.58. The van der Waals surface area contributed by atoms with Gasteiger partial charge in [-0.25, -0.2) is 0 Å². The highest BCUT2D eigenvalue weighted by Crippen LogP contribution is 2.23. The van der Waals surface area contributed by atoms with Crippen LogP contribution in [0.1, 0.15) is 33.1 Å². The Hall–Kier alpha value is -0.380. The van der Waals surface area contributed by atoms with Crippen molar-refractivity contribution in [2.45, 2.75) is 39.2 Å². The number of nitrogens with zero attached hydrogens (tertiary/aromatic N) is 1.